The fraction of sp³-hybridized carbons (Fsp3) is 0.481. The third-order valence-electron chi connectivity index (χ3n) is 6.34. The van der Waals surface area contributed by atoms with Gasteiger partial charge >= 0.3 is 0 Å². The van der Waals surface area contributed by atoms with E-state index >= 15 is 0 Å². The molecule has 1 saturated carbocycles. The molecule has 2 aromatic carbocycles. The monoisotopic (exact) mass is 452 g/mol. The smallest absolute Gasteiger partial charge is 0.242 e. The Kier molecular flexibility index (Phi) is 9.22. The van der Waals surface area contributed by atoms with Crippen LogP contribution in [0.4, 0.5) is 0 Å². The van der Waals surface area contributed by atoms with Crippen LogP contribution in [0.1, 0.15) is 61.3 Å². The number of thioether (sulfide) groups is 1. The molecule has 1 atom stereocenters. The summed E-state index contributed by atoms with van der Waals surface area (Å²) in [5.74, 6) is 1.12. The summed E-state index contributed by atoms with van der Waals surface area (Å²) in [7, 11) is 0. The molecule has 32 heavy (non-hydrogen) atoms. The zero-order valence-corrected chi connectivity index (χ0v) is 20.4. The Labute approximate surface area is 197 Å². The van der Waals surface area contributed by atoms with Gasteiger partial charge in [0.2, 0.25) is 11.8 Å². The number of nitrogens with zero attached hydrogens (tertiary/aromatic N) is 1. The Morgan fingerprint density at radius 3 is 2.41 bits per heavy atom. The number of hydrogen-bond acceptors (Lipinski definition) is 3. The molecule has 0 bridgehead atoms. The predicted octanol–water partition coefficient (Wildman–Crippen LogP) is 5.40. The van der Waals surface area contributed by atoms with Crippen molar-refractivity contribution in [2.45, 2.75) is 77.3 Å². The second kappa shape index (κ2) is 12.1. The molecule has 2 amide bonds. The molecule has 172 valence electrons. The minimum absolute atomic E-state index is 0.00968. The first-order chi connectivity index (χ1) is 15.4. The molecule has 0 heterocycles. The van der Waals surface area contributed by atoms with Gasteiger partial charge < -0.3 is 10.2 Å². The van der Waals surface area contributed by atoms with Crippen molar-refractivity contribution in [3.8, 4) is 0 Å². The van der Waals surface area contributed by atoms with Crippen LogP contribution in [0, 0.1) is 13.8 Å². The molecule has 1 aliphatic carbocycles. The zero-order chi connectivity index (χ0) is 22.9. The third-order valence-corrected chi connectivity index (χ3v) is 7.30. The Balaban J connectivity index is 1.65. The average Bonchev–Trinajstić information content (AvgIpc) is 2.80. The molecule has 2 aromatic rings. The fourth-order valence-corrected chi connectivity index (χ4v) is 5.13. The van der Waals surface area contributed by atoms with Crippen molar-refractivity contribution in [3.05, 3.63) is 70.8 Å². The van der Waals surface area contributed by atoms with Crippen LogP contribution in [0.5, 0.6) is 0 Å². The van der Waals surface area contributed by atoms with Gasteiger partial charge in [-0.3, -0.25) is 9.59 Å². The predicted molar refractivity (Wildman–Crippen MR) is 134 cm³/mol. The zero-order valence-electron chi connectivity index (χ0n) is 19.6. The van der Waals surface area contributed by atoms with Gasteiger partial charge in [0.05, 0.1) is 5.75 Å². The summed E-state index contributed by atoms with van der Waals surface area (Å²) in [4.78, 5) is 28.0. The van der Waals surface area contributed by atoms with E-state index in [4.69, 9.17) is 0 Å². The summed E-state index contributed by atoms with van der Waals surface area (Å²) in [5.41, 5.74) is 4.72. The first-order valence-corrected chi connectivity index (χ1v) is 12.9. The topological polar surface area (TPSA) is 49.4 Å². The van der Waals surface area contributed by atoms with Crippen LogP contribution in [0.2, 0.25) is 0 Å². The standard InChI is InChI=1S/C27H36N2O2S/c1-20-13-15-23(16-14-20)17-29(22(3)27(31)28-25-11-5-4-6-12-25)26(30)19-32-18-24-10-8-7-9-21(24)2/h7-10,13-16,22,25H,4-6,11-12,17-19H2,1-3H3,(H,28,31). The summed E-state index contributed by atoms with van der Waals surface area (Å²) >= 11 is 1.61. The van der Waals surface area contributed by atoms with Gasteiger partial charge in [0, 0.05) is 18.3 Å². The van der Waals surface area contributed by atoms with Crippen molar-refractivity contribution in [2.75, 3.05) is 5.75 Å². The van der Waals surface area contributed by atoms with Crippen molar-refractivity contribution in [3.63, 3.8) is 0 Å². The maximum Gasteiger partial charge on any atom is 0.242 e. The summed E-state index contributed by atoms with van der Waals surface area (Å²) in [6.45, 7) is 6.45. The lowest BCUT2D eigenvalue weighted by Crippen LogP contribution is -2.50. The summed E-state index contributed by atoms with van der Waals surface area (Å²) < 4.78 is 0. The van der Waals surface area contributed by atoms with Gasteiger partial charge in [0.15, 0.2) is 0 Å². The second-order valence-corrected chi connectivity index (χ2v) is 9.93. The molecule has 1 aliphatic rings. The Morgan fingerprint density at radius 2 is 1.72 bits per heavy atom. The maximum absolute atomic E-state index is 13.3. The SMILES string of the molecule is Cc1ccc(CN(C(=O)CSCc2ccccc2C)C(C)C(=O)NC2CCCCC2)cc1. The van der Waals surface area contributed by atoms with Crippen molar-refractivity contribution >= 4 is 23.6 Å². The summed E-state index contributed by atoms with van der Waals surface area (Å²) in [6.07, 6.45) is 5.66. The van der Waals surface area contributed by atoms with Crippen LogP contribution in [-0.2, 0) is 21.9 Å². The normalized spacial score (nSPS) is 15.2. The van der Waals surface area contributed by atoms with Gasteiger partial charge in [0.1, 0.15) is 6.04 Å². The van der Waals surface area contributed by atoms with E-state index in [-0.39, 0.29) is 17.9 Å². The van der Waals surface area contributed by atoms with Crippen LogP contribution in [0.15, 0.2) is 48.5 Å². The molecular formula is C27H36N2O2S. The second-order valence-electron chi connectivity index (χ2n) is 8.95. The average molecular weight is 453 g/mol. The quantitative estimate of drug-likeness (QED) is 0.554. The Hall–Kier alpha value is -2.27. The lowest BCUT2D eigenvalue weighted by molar-refractivity contribution is -0.139. The third kappa shape index (κ3) is 7.13. The Morgan fingerprint density at radius 1 is 1.03 bits per heavy atom. The van der Waals surface area contributed by atoms with E-state index in [0.717, 1.165) is 24.2 Å². The molecule has 0 saturated heterocycles. The van der Waals surface area contributed by atoms with Crippen LogP contribution in [-0.4, -0.2) is 34.6 Å². The van der Waals surface area contributed by atoms with Crippen LogP contribution in [0.3, 0.4) is 0 Å². The van der Waals surface area contributed by atoms with E-state index in [2.05, 4.69) is 43.4 Å². The lowest BCUT2D eigenvalue weighted by atomic mass is 9.95. The highest BCUT2D eigenvalue weighted by Gasteiger charge is 2.28. The van der Waals surface area contributed by atoms with Gasteiger partial charge in [0.25, 0.3) is 0 Å². The number of nitrogens with one attached hydrogen (secondary N) is 1. The van der Waals surface area contributed by atoms with Gasteiger partial charge in [-0.15, -0.1) is 11.8 Å². The first kappa shape index (κ1) is 24.4. The number of rotatable bonds is 9. The minimum atomic E-state index is -0.496. The first-order valence-electron chi connectivity index (χ1n) is 11.7. The molecule has 1 fully saturated rings. The van der Waals surface area contributed by atoms with Crippen LogP contribution < -0.4 is 5.32 Å². The highest BCUT2D eigenvalue weighted by molar-refractivity contribution is 7.99. The minimum Gasteiger partial charge on any atom is -0.352 e. The fourth-order valence-electron chi connectivity index (χ4n) is 4.14. The van der Waals surface area contributed by atoms with Gasteiger partial charge in [-0.1, -0.05) is 73.4 Å². The number of hydrogen-bond donors (Lipinski definition) is 1. The molecule has 1 unspecified atom stereocenters. The van der Waals surface area contributed by atoms with E-state index in [1.807, 2.05) is 31.2 Å². The van der Waals surface area contributed by atoms with Crippen LogP contribution in [0.25, 0.3) is 0 Å². The molecule has 0 radical (unpaired) electrons. The molecule has 0 spiro atoms. The van der Waals surface area contributed by atoms with Gasteiger partial charge in [-0.25, -0.2) is 0 Å². The van der Waals surface area contributed by atoms with E-state index in [1.165, 1.54) is 36.0 Å². The number of benzene rings is 2. The molecule has 3 rings (SSSR count). The van der Waals surface area contributed by atoms with E-state index in [1.54, 1.807) is 16.7 Å². The Bertz CT molecular complexity index is 891. The van der Waals surface area contributed by atoms with Crippen molar-refractivity contribution in [1.82, 2.24) is 10.2 Å². The molecule has 0 aromatic heterocycles. The highest BCUT2D eigenvalue weighted by atomic mass is 32.2. The lowest BCUT2D eigenvalue weighted by Gasteiger charge is -2.31. The highest BCUT2D eigenvalue weighted by Crippen LogP contribution is 2.20. The van der Waals surface area contributed by atoms with Gasteiger partial charge in [-0.2, -0.15) is 0 Å². The number of amides is 2. The molecular weight excluding hydrogens is 416 g/mol. The molecule has 5 heteroatoms. The number of carbonyl (C=O) groups is 2. The largest absolute Gasteiger partial charge is 0.352 e. The van der Waals surface area contributed by atoms with Crippen molar-refractivity contribution < 1.29 is 9.59 Å². The van der Waals surface area contributed by atoms with Crippen LogP contribution >= 0.6 is 11.8 Å². The van der Waals surface area contributed by atoms with E-state index in [9.17, 15) is 9.59 Å². The van der Waals surface area contributed by atoms with Gasteiger partial charge in [-0.05, 0) is 50.3 Å². The molecule has 4 nitrogen and oxygen atoms in total. The van der Waals surface area contributed by atoms with E-state index < -0.39 is 6.04 Å². The summed E-state index contributed by atoms with van der Waals surface area (Å²) in [6, 6.07) is 16.2. The number of carbonyl (C=O) groups excluding carboxylic acids is 2. The number of aryl methyl sites for hydroxylation is 2. The summed E-state index contributed by atoms with van der Waals surface area (Å²) in [5, 5.41) is 3.20. The molecule has 0 aliphatic heterocycles. The maximum atomic E-state index is 13.3. The van der Waals surface area contributed by atoms with E-state index in [0.29, 0.717) is 12.3 Å². The van der Waals surface area contributed by atoms with Crippen molar-refractivity contribution in [1.29, 1.82) is 0 Å². The molecule has 1 N–H and O–H groups in total. The van der Waals surface area contributed by atoms with Crippen molar-refractivity contribution in [2.24, 2.45) is 0 Å².